The number of amides is 1. The normalized spacial score (nSPS) is 20.4. The summed E-state index contributed by atoms with van der Waals surface area (Å²) in [6.45, 7) is 1.90. The van der Waals surface area contributed by atoms with E-state index in [0.717, 1.165) is 36.9 Å². The van der Waals surface area contributed by atoms with Gasteiger partial charge in [-0.25, -0.2) is 0 Å². The number of ketones is 1. The van der Waals surface area contributed by atoms with Gasteiger partial charge in [-0.05, 0) is 38.7 Å². The van der Waals surface area contributed by atoms with Crippen LogP contribution in [0.1, 0.15) is 54.7 Å². The summed E-state index contributed by atoms with van der Waals surface area (Å²) >= 11 is 0. The summed E-state index contributed by atoms with van der Waals surface area (Å²) in [5.74, 6) is 0.277. The SMILES string of the molecule is CC(C(=O)NC1CC1)n1ccc2c1CCCC2=O. The second kappa shape index (κ2) is 4.26. The van der Waals surface area contributed by atoms with E-state index >= 15 is 0 Å². The number of carbonyl (C=O) groups is 2. The van der Waals surface area contributed by atoms with Gasteiger partial charge in [0.1, 0.15) is 6.04 Å². The molecule has 2 aliphatic carbocycles. The van der Waals surface area contributed by atoms with Gasteiger partial charge in [0, 0.05) is 29.9 Å². The Morgan fingerprint density at radius 3 is 2.94 bits per heavy atom. The van der Waals surface area contributed by atoms with Gasteiger partial charge in [-0.3, -0.25) is 9.59 Å². The number of rotatable bonds is 3. The molecule has 1 aromatic rings. The van der Waals surface area contributed by atoms with Crippen molar-refractivity contribution in [3.05, 3.63) is 23.5 Å². The minimum Gasteiger partial charge on any atom is -0.352 e. The molecule has 1 atom stereocenters. The molecule has 96 valence electrons. The Labute approximate surface area is 106 Å². The van der Waals surface area contributed by atoms with Crippen molar-refractivity contribution in [3.8, 4) is 0 Å². The smallest absolute Gasteiger partial charge is 0.242 e. The Kier molecular flexibility index (Phi) is 2.73. The first kappa shape index (κ1) is 11.5. The molecule has 1 aromatic heterocycles. The second-order valence-corrected chi connectivity index (χ2v) is 5.32. The monoisotopic (exact) mass is 246 g/mol. The van der Waals surface area contributed by atoms with Gasteiger partial charge in [0.25, 0.3) is 0 Å². The molecule has 18 heavy (non-hydrogen) atoms. The van der Waals surface area contributed by atoms with E-state index in [4.69, 9.17) is 0 Å². The van der Waals surface area contributed by atoms with Gasteiger partial charge in [-0.1, -0.05) is 0 Å². The molecule has 1 fully saturated rings. The summed E-state index contributed by atoms with van der Waals surface area (Å²) in [6, 6.07) is 2.02. The van der Waals surface area contributed by atoms with Crippen LogP contribution >= 0.6 is 0 Å². The van der Waals surface area contributed by atoms with Crippen molar-refractivity contribution in [1.82, 2.24) is 9.88 Å². The topological polar surface area (TPSA) is 51.1 Å². The lowest BCUT2D eigenvalue weighted by molar-refractivity contribution is -0.124. The summed E-state index contributed by atoms with van der Waals surface area (Å²) in [6.07, 6.45) is 6.51. The summed E-state index contributed by atoms with van der Waals surface area (Å²) in [5, 5.41) is 3.02. The van der Waals surface area contributed by atoms with Crippen LogP contribution < -0.4 is 5.32 Å². The minimum absolute atomic E-state index is 0.0638. The first-order valence-corrected chi connectivity index (χ1v) is 6.70. The molecule has 1 unspecified atom stereocenters. The molecule has 0 saturated heterocycles. The Hall–Kier alpha value is -1.58. The van der Waals surface area contributed by atoms with E-state index in [1.165, 1.54) is 0 Å². The first-order valence-electron chi connectivity index (χ1n) is 6.70. The predicted octanol–water partition coefficient (Wildman–Crippen LogP) is 1.85. The molecular formula is C14H18N2O2. The van der Waals surface area contributed by atoms with Crippen molar-refractivity contribution < 1.29 is 9.59 Å². The molecule has 4 heteroatoms. The van der Waals surface area contributed by atoms with Crippen LogP contribution in [0.15, 0.2) is 12.3 Å². The average Bonchev–Trinajstić information content (AvgIpc) is 3.05. The van der Waals surface area contributed by atoms with Crippen molar-refractivity contribution in [2.75, 3.05) is 0 Å². The number of fused-ring (bicyclic) bond motifs is 1. The third-order valence-corrected chi connectivity index (χ3v) is 3.86. The molecule has 1 heterocycles. The van der Waals surface area contributed by atoms with Gasteiger partial charge in [0.2, 0.25) is 5.91 Å². The molecular weight excluding hydrogens is 228 g/mol. The lowest BCUT2D eigenvalue weighted by atomic mass is 9.96. The summed E-state index contributed by atoms with van der Waals surface area (Å²) < 4.78 is 1.96. The molecule has 1 amide bonds. The molecule has 3 rings (SSSR count). The van der Waals surface area contributed by atoms with E-state index in [0.29, 0.717) is 12.5 Å². The molecule has 1 N–H and O–H groups in total. The molecule has 0 radical (unpaired) electrons. The Morgan fingerprint density at radius 2 is 2.22 bits per heavy atom. The average molecular weight is 246 g/mol. The molecule has 4 nitrogen and oxygen atoms in total. The molecule has 0 spiro atoms. The van der Waals surface area contributed by atoms with Gasteiger partial charge in [-0.15, -0.1) is 0 Å². The highest BCUT2D eigenvalue weighted by molar-refractivity contribution is 5.98. The molecule has 0 aromatic carbocycles. The van der Waals surface area contributed by atoms with E-state index in [1.54, 1.807) is 0 Å². The highest BCUT2D eigenvalue weighted by Gasteiger charge is 2.28. The van der Waals surface area contributed by atoms with E-state index in [9.17, 15) is 9.59 Å². The van der Waals surface area contributed by atoms with Crippen molar-refractivity contribution in [2.45, 2.75) is 51.1 Å². The van der Waals surface area contributed by atoms with Crippen LogP contribution in [0.5, 0.6) is 0 Å². The Morgan fingerprint density at radius 1 is 1.44 bits per heavy atom. The zero-order valence-corrected chi connectivity index (χ0v) is 10.6. The Bertz CT molecular complexity index is 500. The molecule has 1 saturated carbocycles. The quantitative estimate of drug-likeness (QED) is 0.884. The fraction of sp³-hybridized carbons (Fsp3) is 0.571. The molecule has 0 bridgehead atoms. The minimum atomic E-state index is -0.222. The van der Waals surface area contributed by atoms with Crippen LogP contribution in [0.25, 0.3) is 0 Å². The maximum atomic E-state index is 12.0. The van der Waals surface area contributed by atoms with Gasteiger partial charge >= 0.3 is 0 Å². The number of carbonyl (C=O) groups excluding carboxylic acids is 2. The first-order chi connectivity index (χ1) is 8.66. The number of hydrogen-bond donors (Lipinski definition) is 1. The maximum Gasteiger partial charge on any atom is 0.242 e. The van der Waals surface area contributed by atoms with Crippen LogP contribution in [0.4, 0.5) is 0 Å². The summed E-state index contributed by atoms with van der Waals surface area (Å²) in [7, 11) is 0. The van der Waals surface area contributed by atoms with Gasteiger partial charge < -0.3 is 9.88 Å². The summed E-state index contributed by atoms with van der Waals surface area (Å²) in [4.78, 5) is 23.8. The number of hydrogen-bond acceptors (Lipinski definition) is 2. The van der Waals surface area contributed by atoms with E-state index in [2.05, 4.69) is 5.32 Å². The van der Waals surface area contributed by atoms with Crippen LogP contribution in [-0.2, 0) is 11.2 Å². The largest absolute Gasteiger partial charge is 0.352 e. The van der Waals surface area contributed by atoms with Crippen molar-refractivity contribution >= 4 is 11.7 Å². The molecule has 2 aliphatic rings. The predicted molar refractivity (Wildman–Crippen MR) is 67.6 cm³/mol. The highest BCUT2D eigenvalue weighted by atomic mass is 16.2. The Balaban J connectivity index is 1.82. The van der Waals surface area contributed by atoms with Crippen molar-refractivity contribution in [2.24, 2.45) is 0 Å². The van der Waals surface area contributed by atoms with Crippen molar-refractivity contribution in [3.63, 3.8) is 0 Å². The third kappa shape index (κ3) is 1.96. The lowest BCUT2D eigenvalue weighted by Crippen LogP contribution is -2.33. The standard InChI is InChI=1S/C14H18N2O2/c1-9(14(18)15-10-5-6-10)16-8-7-11-12(16)3-2-4-13(11)17/h7-10H,2-6H2,1H3,(H,15,18). The number of nitrogens with one attached hydrogen (secondary N) is 1. The maximum absolute atomic E-state index is 12.0. The highest BCUT2D eigenvalue weighted by Crippen LogP contribution is 2.26. The van der Waals surface area contributed by atoms with Gasteiger partial charge in [-0.2, -0.15) is 0 Å². The van der Waals surface area contributed by atoms with Gasteiger partial charge in [0.05, 0.1) is 0 Å². The van der Waals surface area contributed by atoms with Crippen molar-refractivity contribution in [1.29, 1.82) is 0 Å². The number of aromatic nitrogens is 1. The van der Waals surface area contributed by atoms with E-state index < -0.39 is 0 Å². The third-order valence-electron chi connectivity index (χ3n) is 3.86. The van der Waals surface area contributed by atoms with Crippen LogP contribution in [0.2, 0.25) is 0 Å². The number of Topliss-reactive ketones (excluding diaryl/α,β-unsaturated/α-hetero) is 1. The van der Waals surface area contributed by atoms with Crippen LogP contribution in [-0.4, -0.2) is 22.3 Å². The fourth-order valence-corrected chi connectivity index (χ4v) is 2.59. The summed E-state index contributed by atoms with van der Waals surface area (Å²) in [5.41, 5.74) is 1.84. The lowest BCUT2D eigenvalue weighted by Gasteiger charge is -2.20. The second-order valence-electron chi connectivity index (χ2n) is 5.32. The molecule has 0 aliphatic heterocycles. The van der Waals surface area contributed by atoms with E-state index in [1.807, 2.05) is 23.8 Å². The fourth-order valence-electron chi connectivity index (χ4n) is 2.59. The van der Waals surface area contributed by atoms with Crippen LogP contribution in [0, 0.1) is 0 Å². The zero-order valence-electron chi connectivity index (χ0n) is 10.6. The van der Waals surface area contributed by atoms with E-state index in [-0.39, 0.29) is 17.7 Å². The zero-order chi connectivity index (χ0) is 12.7. The number of nitrogens with zero attached hydrogens (tertiary/aromatic N) is 1. The van der Waals surface area contributed by atoms with Gasteiger partial charge in [0.15, 0.2) is 5.78 Å². The van der Waals surface area contributed by atoms with Crippen LogP contribution in [0.3, 0.4) is 0 Å².